The van der Waals surface area contributed by atoms with Crippen molar-refractivity contribution in [3.8, 4) is 5.75 Å². The minimum Gasteiger partial charge on any atom is -0.497 e. The molecule has 0 fully saturated rings. The van der Waals surface area contributed by atoms with E-state index in [1.54, 1.807) is 18.2 Å². The SMILES string of the molecule is COc1cc(Br)cc(NC(=O)CNCC(F)(F)F)c1. The Morgan fingerprint density at radius 1 is 1.37 bits per heavy atom. The Balaban J connectivity index is 2.50. The molecule has 0 heterocycles. The lowest BCUT2D eigenvalue weighted by Crippen LogP contribution is -2.35. The highest BCUT2D eigenvalue weighted by Gasteiger charge is 2.26. The first-order valence-electron chi connectivity index (χ1n) is 5.22. The Hall–Kier alpha value is -1.28. The molecule has 0 radical (unpaired) electrons. The Labute approximate surface area is 116 Å². The average molecular weight is 341 g/mol. The van der Waals surface area contributed by atoms with Crippen LogP contribution in [0.1, 0.15) is 0 Å². The molecule has 0 saturated carbocycles. The van der Waals surface area contributed by atoms with Crippen LogP contribution in [0.5, 0.6) is 5.75 Å². The monoisotopic (exact) mass is 340 g/mol. The van der Waals surface area contributed by atoms with Crippen molar-refractivity contribution >= 4 is 27.5 Å². The summed E-state index contributed by atoms with van der Waals surface area (Å²) < 4.78 is 41.3. The molecule has 8 heteroatoms. The summed E-state index contributed by atoms with van der Waals surface area (Å²) in [6.07, 6.45) is -4.33. The van der Waals surface area contributed by atoms with Gasteiger partial charge in [-0.1, -0.05) is 15.9 Å². The molecule has 1 rings (SSSR count). The van der Waals surface area contributed by atoms with E-state index in [1.807, 2.05) is 5.32 Å². The summed E-state index contributed by atoms with van der Waals surface area (Å²) in [7, 11) is 1.47. The number of carbonyl (C=O) groups is 1. The second kappa shape index (κ2) is 6.76. The fourth-order valence-electron chi connectivity index (χ4n) is 1.28. The van der Waals surface area contributed by atoms with Crippen LogP contribution < -0.4 is 15.4 Å². The van der Waals surface area contributed by atoms with Gasteiger partial charge in [-0.25, -0.2) is 0 Å². The van der Waals surface area contributed by atoms with Gasteiger partial charge in [-0.2, -0.15) is 13.2 Å². The Kier molecular flexibility index (Phi) is 5.61. The Morgan fingerprint density at radius 3 is 2.63 bits per heavy atom. The molecule has 0 bridgehead atoms. The first-order valence-corrected chi connectivity index (χ1v) is 6.01. The number of alkyl halides is 3. The summed E-state index contributed by atoms with van der Waals surface area (Å²) in [5.74, 6) is -0.0441. The summed E-state index contributed by atoms with van der Waals surface area (Å²) in [5.41, 5.74) is 0.435. The minimum atomic E-state index is -4.33. The molecule has 0 unspecified atom stereocenters. The van der Waals surface area contributed by atoms with Gasteiger partial charge in [0.15, 0.2) is 0 Å². The third-order valence-electron chi connectivity index (χ3n) is 2.00. The van der Waals surface area contributed by atoms with Gasteiger partial charge in [0, 0.05) is 16.2 Å². The number of carbonyl (C=O) groups excluding carboxylic acids is 1. The quantitative estimate of drug-likeness (QED) is 0.866. The number of ether oxygens (including phenoxy) is 1. The molecule has 0 spiro atoms. The molecule has 0 atom stereocenters. The van der Waals surface area contributed by atoms with E-state index in [4.69, 9.17) is 4.74 Å². The number of anilines is 1. The van der Waals surface area contributed by atoms with E-state index >= 15 is 0 Å². The topological polar surface area (TPSA) is 50.4 Å². The zero-order valence-corrected chi connectivity index (χ0v) is 11.6. The van der Waals surface area contributed by atoms with Crippen molar-refractivity contribution in [1.29, 1.82) is 0 Å². The predicted octanol–water partition coefficient (Wildman–Crippen LogP) is 2.55. The molecule has 2 N–H and O–H groups in total. The van der Waals surface area contributed by atoms with Gasteiger partial charge in [-0.3, -0.25) is 4.79 Å². The largest absolute Gasteiger partial charge is 0.497 e. The van der Waals surface area contributed by atoms with Gasteiger partial charge in [-0.05, 0) is 12.1 Å². The first kappa shape index (κ1) is 15.8. The number of benzene rings is 1. The van der Waals surface area contributed by atoms with Gasteiger partial charge in [0.25, 0.3) is 0 Å². The van der Waals surface area contributed by atoms with E-state index in [2.05, 4.69) is 21.2 Å². The molecule has 1 aromatic rings. The number of hydrogen-bond donors (Lipinski definition) is 2. The van der Waals surface area contributed by atoms with Gasteiger partial charge in [0.05, 0.1) is 20.2 Å². The zero-order valence-electron chi connectivity index (χ0n) is 9.97. The Bertz CT molecular complexity index is 452. The molecule has 0 aliphatic rings. The molecule has 1 aromatic carbocycles. The van der Waals surface area contributed by atoms with Crippen LogP contribution in [-0.2, 0) is 4.79 Å². The van der Waals surface area contributed by atoms with Crippen LogP contribution in [0.3, 0.4) is 0 Å². The van der Waals surface area contributed by atoms with Crippen molar-refractivity contribution in [3.05, 3.63) is 22.7 Å². The van der Waals surface area contributed by atoms with E-state index in [9.17, 15) is 18.0 Å². The highest BCUT2D eigenvalue weighted by atomic mass is 79.9. The molecule has 0 saturated heterocycles. The second-order valence-corrected chi connectivity index (χ2v) is 4.56. The van der Waals surface area contributed by atoms with Crippen LogP contribution in [-0.4, -0.2) is 32.3 Å². The lowest BCUT2D eigenvalue weighted by molar-refractivity contribution is -0.126. The first-order chi connectivity index (χ1) is 8.80. The van der Waals surface area contributed by atoms with Gasteiger partial charge < -0.3 is 15.4 Å². The molecule has 19 heavy (non-hydrogen) atoms. The van der Waals surface area contributed by atoms with Crippen LogP contribution in [0.25, 0.3) is 0 Å². The van der Waals surface area contributed by atoms with E-state index in [1.165, 1.54) is 7.11 Å². The highest BCUT2D eigenvalue weighted by molar-refractivity contribution is 9.10. The number of nitrogens with one attached hydrogen (secondary N) is 2. The van der Waals surface area contributed by atoms with E-state index in [0.29, 0.717) is 15.9 Å². The van der Waals surface area contributed by atoms with E-state index in [-0.39, 0.29) is 0 Å². The minimum absolute atomic E-state index is 0.422. The standard InChI is InChI=1S/C11H12BrF3N2O2/c1-19-9-3-7(12)2-8(4-9)17-10(18)5-16-6-11(13,14)15/h2-4,16H,5-6H2,1H3,(H,17,18). The maximum atomic E-state index is 11.9. The maximum absolute atomic E-state index is 11.9. The molecule has 1 amide bonds. The van der Waals surface area contributed by atoms with Crippen LogP contribution in [0.15, 0.2) is 22.7 Å². The predicted molar refractivity (Wildman–Crippen MR) is 68.2 cm³/mol. The maximum Gasteiger partial charge on any atom is 0.401 e. The normalized spacial score (nSPS) is 11.2. The smallest absolute Gasteiger partial charge is 0.401 e. The number of methoxy groups -OCH3 is 1. The molecule has 106 valence electrons. The number of amides is 1. The Morgan fingerprint density at radius 2 is 2.05 bits per heavy atom. The molecule has 0 aliphatic carbocycles. The van der Waals surface area contributed by atoms with E-state index < -0.39 is 25.2 Å². The zero-order chi connectivity index (χ0) is 14.5. The summed E-state index contributed by atoms with van der Waals surface area (Å²) in [5, 5.41) is 4.47. The number of rotatable bonds is 5. The van der Waals surface area contributed by atoms with Crippen molar-refractivity contribution in [2.75, 3.05) is 25.5 Å². The van der Waals surface area contributed by atoms with Crippen LogP contribution in [0, 0.1) is 0 Å². The van der Waals surface area contributed by atoms with Crippen molar-refractivity contribution in [2.45, 2.75) is 6.18 Å². The number of hydrogen-bond acceptors (Lipinski definition) is 3. The molecule has 4 nitrogen and oxygen atoms in total. The fraction of sp³-hybridized carbons (Fsp3) is 0.364. The molecule has 0 aliphatic heterocycles. The van der Waals surface area contributed by atoms with Gasteiger partial charge >= 0.3 is 6.18 Å². The van der Waals surface area contributed by atoms with Crippen molar-refractivity contribution in [2.24, 2.45) is 0 Å². The van der Waals surface area contributed by atoms with Gasteiger partial charge in [-0.15, -0.1) is 0 Å². The van der Waals surface area contributed by atoms with Gasteiger partial charge in [0.2, 0.25) is 5.91 Å². The van der Waals surface area contributed by atoms with Gasteiger partial charge in [0.1, 0.15) is 5.75 Å². The lowest BCUT2D eigenvalue weighted by atomic mass is 10.3. The van der Waals surface area contributed by atoms with Crippen molar-refractivity contribution in [3.63, 3.8) is 0 Å². The third kappa shape index (κ3) is 6.44. The molecule has 0 aromatic heterocycles. The third-order valence-corrected chi connectivity index (χ3v) is 2.46. The average Bonchev–Trinajstić information content (AvgIpc) is 2.26. The fourth-order valence-corrected chi connectivity index (χ4v) is 1.75. The molecular weight excluding hydrogens is 329 g/mol. The second-order valence-electron chi connectivity index (χ2n) is 3.65. The van der Waals surface area contributed by atoms with Crippen LogP contribution in [0.2, 0.25) is 0 Å². The summed E-state index contributed by atoms with van der Waals surface area (Å²) in [4.78, 5) is 11.4. The highest BCUT2D eigenvalue weighted by Crippen LogP contribution is 2.24. The lowest BCUT2D eigenvalue weighted by Gasteiger charge is -2.10. The molecular formula is C11H12BrF3N2O2. The van der Waals surface area contributed by atoms with Crippen LogP contribution in [0.4, 0.5) is 18.9 Å². The van der Waals surface area contributed by atoms with Crippen LogP contribution >= 0.6 is 15.9 Å². The van der Waals surface area contributed by atoms with Crippen molar-refractivity contribution < 1.29 is 22.7 Å². The summed E-state index contributed by atoms with van der Waals surface area (Å²) in [6, 6.07) is 4.87. The van der Waals surface area contributed by atoms with Crippen molar-refractivity contribution in [1.82, 2.24) is 5.32 Å². The summed E-state index contributed by atoms with van der Waals surface area (Å²) >= 11 is 3.23. The van der Waals surface area contributed by atoms with E-state index in [0.717, 1.165) is 0 Å². The summed E-state index contributed by atoms with van der Waals surface area (Å²) in [6.45, 7) is -1.63. The number of halogens is 4.